The van der Waals surface area contributed by atoms with Crippen LogP contribution in [0.1, 0.15) is 12.0 Å². The van der Waals surface area contributed by atoms with Gasteiger partial charge in [0.1, 0.15) is 0 Å². The van der Waals surface area contributed by atoms with Crippen molar-refractivity contribution in [3.8, 4) is 5.75 Å². The molecule has 144 valence electrons. The third kappa shape index (κ3) is 5.20. The van der Waals surface area contributed by atoms with E-state index in [1.165, 1.54) is 18.9 Å². The summed E-state index contributed by atoms with van der Waals surface area (Å²) in [6.07, 6.45) is 0.776. The van der Waals surface area contributed by atoms with E-state index in [9.17, 15) is 9.18 Å². The Morgan fingerprint density at radius 2 is 1.81 bits per heavy atom. The van der Waals surface area contributed by atoms with E-state index < -0.39 is 5.82 Å². The van der Waals surface area contributed by atoms with Crippen LogP contribution >= 0.6 is 0 Å². The Labute approximate surface area is 159 Å². The molecule has 0 unspecified atom stereocenters. The summed E-state index contributed by atoms with van der Waals surface area (Å²) < 4.78 is 18.6. The Morgan fingerprint density at radius 1 is 1.11 bits per heavy atom. The highest BCUT2D eigenvalue weighted by Gasteiger charge is 2.14. The molecule has 2 aromatic rings. The summed E-state index contributed by atoms with van der Waals surface area (Å²) in [4.78, 5) is 16.8. The van der Waals surface area contributed by atoms with Gasteiger partial charge in [-0.25, -0.2) is 4.39 Å². The molecule has 1 aliphatic rings. The van der Waals surface area contributed by atoms with Crippen molar-refractivity contribution in [1.29, 1.82) is 0 Å². The van der Waals surface area contributed by atoms with Crippen LogP contribution in [-0.4, -0.2) is 51.1 Å². The number of likely N-dealkylation sites (N-methyl/N-ethyl adjacent to an activating group) is 1. The van der Waals surface area contributed by atoms with E-state index in [2.05, 4.69) is 22.2 Å². The van der Waals surface area contributed by atoms with Crippen LogP contribution in [0.25, 0.3) is 0 Å². The number of benzene rings is 2. The number of anilines is 2. The molecule has 27 heavy (non-hydrogen) atoms. The minimum atomic E-state index is -0.407. The van der Waals surface area contributed by atoms with Crippen LogP contribution in [0.2, 0.25) is 0 Å². The van der Waals surface area contributed by atoms with Crippen LogP contribution in [-0.2, 0) is 11.2 Å². The zero-order chi connectivity index (χ0) is 19.2. The van der Waals surface area contributed by atoms with E-state index in [1.807, 2.05) is 24.3 Å². The average molecular weight is 371 g/mol. The molecule has 1 heterocycles. The average Bonchev–Trinajstić information content (AvgIpc) is 2.68. The number of carbonyl (C=O) groups is 1. The van der Waals surface area contributed by atoms with Crippen LogP contribution in [0.5, 0.6) is 5.75 Å². The first-order chi connectivity index (χ1) is 13.0. The van der Waals surface area contributed by atoms with Crippen molar-refractivity contribution in [3.05, 3.63) is 53.8 Å². The van der Waals surface area contributed by atoms with E-state index >= 15 is 0 Å². The zero-order valence-corrected chi connectivity index (χ0v) is 15.9. The predicted molar refractivity (Wildman–Crippen MR) is 106 cm³/mol. The summed E-state index contributed by atoms with van der Waals surface area (Å²) in [5.74, 6) is -0.280. The molecule has 0 aromatic heterocycles. The molecule has 0 saturated carbocycles. The van der Waals surface area contributed by atoms with E-state index in [0.29, 0.717) is 12.8 Å². The second-order valence-electron chi connectivity index (χ2n) is 6.85. The molecule has 0 aliphatic carbocycles. The van der Waals surface area contributed by atoms with Crippen molar-refractivity contribution in [3.63, 3.8) is 0 Å². The molecular weight excluding hydrogens is 345 g/mol. The molecular formula is C21H26FN3O2. The molecule has 5 nitrogen and oxygen atoms in total. The number of ether oxygens (including phenoxy) is 1. The molecule has 1 aliphatic heterocycles. The number of piperazine rings is 1. The zero-order valence-electron chi connectivity index (χ0n) is 15.9. The maximum absolute atomic E-state index is 13.7. The Morgan fingerprint density at radius 3 is 2.44 bits per heavy atom. The van der Waals surface area contributed by atoms with Crippen molar-refractivity contribution >= 4 is 17.3 Å². The van der Waals surface area contributed by atoms with Gasteiger partial charge >= 0.3 is 0 Å². The number of hydrogen-bond acceptors (Lipinski definition) is 4. The molecule has 0 radical (unpaired) electrons. The number of halogens is 1. The molecule has 0 atom stereocenters. The third-order valence-electron chi connectivity index (χ3n) is 4.88. The second-order valence-corrected chi connectivity index (χ2v) is 6.85. The molecule has 3 rings (SSSR count). The highest BCUT2D eigenvalue weighted by molar-refractivity contribution is 5.91. The molecule has 2 aromatic carbocycles. The van der Waals surface area contributed by atoms with Crippen molar-refractivity contribution < 1.29 is 13.9 Å². The normalized spacial score (nSPS) is 14.9. The number of carbonyl (C=O) groups excluding carboxylic acids is 1. The van der Waals surface area contributed by atoms with Crippen molar-refractivity contribution in [2.45, 2.75) is 12.8 Å². The lowest BCUT2D eigenvalue weighted by molar-refractivity contribution is -0.116. The molecule has 0 spiro atoms. The van der Waals surface area contributed by atoms with Crippen molar-refractivity contribution in [2.24, 2.45) is 0 Å². The smallest absolute Gasteiger partial charge is 0.224 e. The van der Waals surface area contributed by atoms with E-state index in [0.717, 1.165) is 37.4 Å². The van der Waals surface area contributed by atoms with Crippen LogP contribution in [0.3, 0.4) is 0 Å². The van der Waals surface area contributed by atoms with Gasteiger partial charge < -0.3 is 19.9 Å². The van der Waals surface area contributed by atoms with E-state index in [1.54, 1.807) is 12.1 Å². The first-order valence-electron chi connectivity index (χ1n) is 9.21. The number of rotatable bonds is 6. The van der Waals surface area contributed by atoms with Crippen LogP contribution in [0.15, 0.2) is 42.5 Å². The van der Waals surface area contributed by atoms with Crippen LogP contribution < -0.4 is 15.0 Å². The molecule has 1 amide bonds. The fourth-order valence-electron chi connectivity index (χ4n) is 3.17. The number of nitrogens with one attached hydrogen (secondary N) is 1. The molecule has 1 N–H and O–H groups in total. The lowest BCUT2D eigenvalue weighted by Crippen LogP contribution is -2.44. The maximum atomic E-state index is 13.7. The van der Waals surface area contributed by atoms with Gasteiger partial charge in [0, 0.05) is 44.0 Å². The van der Waals surface area contributed by atoms with Gasteiger partial charge in [-0.1, -0.05) is 6.07 Å². The van der Waals surface area contributed by atoms with Crippen LogP contribution in [0, 0.1) is 5.82 Å². The number of aryl methyl sites for hydroxylation is 1. The van der Waals surface area contributed by atoms with E-state index in [-0.39, 0.29) is 11.7 Å². The van der Waals surface area contributed by atoms with Crippen molar-refractivity contribution in [2.75, 3.05) is 50.6 Å². The van der Waals surface area contributed by atoms with Gasteiger partial charge in [0.25, 0.3) is 0 Å². The fraction of sp³-hybridized carbons (Fsp3) is 0.381. The first-order valence-corrected chi connectivity index (χ1v) is 9.21. The fourth-order valence-corrected chi connectivity index (χ4v) is 3.17. The summed E-state index contributed by atoms with van der Waals surface area (Å²) >= 11 is 0. The number of methoxy groups -OCH3 is 1. The molecule has 1 saturated heterocycles. The topological polar surface area (TPSA) is 44.8 Å². The van der Waals surface area contributed by atoms with Gasteiger partial charge in [-0.2, -0.15) is 0 Å². The van der Waals surface area contributed by atoms with Gasteiger partial charge in [-0.3, -0.25) is 4.79 Å². The lowest BCUT2D eigenvalue weighted by atomic mass is 10.1. The quantitative estimate of drug-likeness (QED) is 0.847. The minimum absolute atomic E-state index is 0.0847. The molecule has 1 fully saturated rings. The Bertz CT molecular complexity index is 771. The monoisotopic (exact) mass is 371 g/mol. The Kier molecular flexibility index (Phi) is 6.29. The SMILES string of the molecule is COc1ccc(CCC(=O)Nc2ccc(N3CCN(C)CC3)cc2)cc1F. The third-order valence-corrected chi connectivity index (χ3v) is 4.88. The summed E-state index contributed by atoms with van der Waals surface area (Å²) in [6.45, 7) is 4.15. The van der Waals surface area contributed by atoms with Gasteiger partial charge in [-0.05, 0) is 55.4 Å². The summed E-state index contributed by atoms with van der Waals surface area (Å²) in [5.41, 5.74) is 2.72. The summed E-state index contributed by atoms with van der Waals surface area (Å²) in [5, 5.41) is 2.90. The van der Waals surface area contributed by atoms with Gasteiger partial charge in [0.05, 0.1) is 7.11 Å². The van der Waals surface area contributed by atoms with E-state index in [4.69, 9.17) is 4.74 Å². The van der Waals surface area contributed by atoms with Gasteiger partial charge in [0.2, 0.25) is 5.91 Å². The Balaban J connectivity index is 1.50. The number of amides is 1. The summed E-state index contributed by atoms with van der Waals surface area (Å²) in [7, 11) is 3.57. The predicted octanol–water partition coefficient (Wildman–Crippen LogP) is 3.16. The highest BCUT2D eigenvalue weighted by atomic mass is 19.1. The number of nitrogens with zero attached hydrogens (tertiary/aromatic N) is 2. The van der Waals surface area contributed by atoms with Gasteiger partial charge in [0.15, 0.2) is 11.6 Å². The van der Waals surface area contributed by atoms with Crippen molar-refractivity contribution in [1.82, 2.24) is 4.90 Å². The lowest BCUT2D eigenvalue weighted by Gasteiger charge is -2.34. The number of hydrogen-bond donors (Lipinski definition) is 1. The second kappa shape index (κ2) is 8.86. The molecule has 6 heteroatoms. The van der Waals surface area contributed by atoms with Crippen LogP contribution in [0.4, 0.5) is 15.8 Å². The standard InChI is InChI=1S/C21H26FN3O2/c1-24-11-13-25(14-12-24)18-7-5-17(6-8-18)23-21(26)10-4-16-3-9-20(27-2)19(22)15-16/h3,5-9,15H,4,10-14H2,1-2H3,(H,23,26). The largest absolute Gasteiger partial charge is 0.494 e. The molecule has 0 bridgehead atoms. The first kappa shape index (κ1) is 19.2. The minimum Gasteiger partial charge on any atom is -0.494 e. The summed E-state index contributed by atoms with van der Waals surface area (Å²) in [6, 6.07) is 12.7. The maximum Gasteiger partial charge on any atom is 0.224 e. The Hall–Kier alpha value is -2.60. The van der Waals surface area contributed by atoms with Gasteiger partial charge in [-0.15, -0.1) is 0 Å². The highest BCUT2D eigenvalue weighted by Crippen LogP contribution is 2.20.